The molecule has 45 heavy (non-hydrogen) atoms. The fourth-order valence-corrected chi connectivity index (χ4v) is 5.05. The molecule has 0 amide bonds. The van der Waals surface area contributed by atoms with E-state index in [-0.39, 0.29) is 0 Å². The second-order valence-electron chi connectivity index (χ2n) is 11.9. The summed E-state index contributed by atoms with van der Waals surface area (Å²) in [6.45, 7) is 8.82. The van der Waals surface area contributed by atoms with Crippen LogP contribution in [0.25, 0.3) is 22.5 Å². The molecule has 0 saturated heterocycles. The van der Waals surface area contributed by atoms with Crippen LogP contribution in [0.5, 0.6) is 11.5 Å². The van der Waals surface area contributed by atoms with Crippen LogP contribution in [0.2, 0.25) is 0 Å². The molecular weight excluding hydrogens is 564 g/mol. The standard InChI is InChI=1S/C38H36N2O5/c1-37(2,35-23-33(39-43-35)29-15-19-31(20-16-29)41-25-27-11-7-5-8-12-27)45-38(3,4)36-24-34(40-44-36)30-17-21-32(22-18-30)42-26-28-13-9-6-10-14-28/h5-24H,25-26H2,1-4H3. The second-order valence-corrected chi connectivity index (χ2v) is 11.9. The summed E-state index contributed by atoms with van der Waals surface area (Å²) in [6, 6.07) is 39.6. The van der Waals surface area contributed by atoms with E-state index >= 15 is 0 Å². The van der Waals surface area contributed by atoms with E-state index in [1.165, 1.54) is 0 Å². The molecule has 6 aromatic rings. The molecule has 7 heteroatoms. The van der Waals surface area contributed by atoms with Crippen molar-refractivity contribution >= 4 is 0 Å². The Kier molecular flexibility index (Phi) is 8.54. The highest BCUT2D eigenvalue weighted by Gasteiger charge is 2.37. The van der Waals surface area contributed by atoms with Gasteiger partial charge in [-0.25, -0.2) is 0 Å². The molecule has 0 fully saturated rings. The van der Waals surface area contributed by atoms with Crippen molar-refractivity contribution in [1.82, 2.24) is 10.3 Å². The predicted octanol–water partition coefficient (Wildman–Crippen LogP) is 9.34. The Labute approximate surface area is 263 Å². The zero-order valence-electron chi connectivity index (χ0n) is 25.9. The fraction of sp³-hybridized carbons (Fsp3) is 0.211. The first kappa shape index (κ1) is 29.9. The smallest absolute Gasteiger partial charge is 0.168 e. The largest absolute Gasteiger partial charge is 0.489 e. The highest BCUT2D eigenvalue weighted by atomic mass is 16.6. The molecule has 2 heterocycles. The van der Waals surface area contributed by atoms with Crippen molar-refractivity contribution < 1.29 is 23.3 Å². The number of nitrogens with zero attached hydrogens (tertiary/aromatic N) is 2. The highest BCUT2D eigenvalue weighted by molar-refractivity contribution is 5.61. The van der Waals surface area contributed by atoms with E-state index in [0.29, 0.717) is 36.1 Å². The molecule has 0 aliphatic rings. The van der Waals surface area contributed by atoms with Crippen LogP contribution < -0.4 is 9.47 Å². The average Bonchev–Trinajstić information content (AvgIpc) is 3.76. The molecule has 0 saturated carbocycles. The van der Waals surface area contributed by atoms with Gasteiger partial charge < -0.3 is 23.3 Å². The Morgan fingerprint density at radius 2 is 0.889 bits per heavy atom. The van der Waals surface area contributed by atoms with Gasteiger partial charge in [-0.05, 0) is 87.4 Å². The van der Waals surface area contributed by atoms with Gasteiger partial charge in [0.15, 0.2) is 11.5 Å². The van der Waals surface area contributed by atoms with E-state index in [1.54, 1.807) is 0 Å². The van der Waals surface area contributed by atoms with Crippen LogP contribution in [0.3, 0.4) is 0 Å². The second kappa shape index (κ2) is 12.8. The quantitative estimate of drug-likeness (QED) is 0.138. The van der Waals surface area contributed by atoms with Gasteiger partial charge in [-0.1, -0.05) is 71.0 Å². The molecule has 4 aromatic carbocycles. The van der Waals surface area contributed by atoms with Gasteiger partial charge in [0.1, 0.15) is 47.3 Å². The van der Waals surface area contributed by atoms with Crippen molar-refractivity contribution in [3.63, 3.8) is 0 Å². The third-order valence-corrected chi connectivity index (χ3v) is 7.51. The summed E-state index contributed by atoms with van der Waals surface area (Å²) in [5.74, 6) is 2.77. The minimum atomic E-state index is -0.807. The van der Waals surface area contributed by atoms with Gasteiger partial charge in [0.2, 0.25) is 0 Å². The maximum atomic E-state index is 6.57. The summed E-state index contributed by atoms with van der Waals surface area (Å²) in [6.07, 6.45) is 0. The van der Waals surface area contributed by atoms with Crippen molar-refractivity contribution in [2.75, 3.05) is 0 Å². The maximum Gasteiger partial charge on any atom is 0.168 e. The molecule has 0 radical (unpaired) electrons. The minimum Gasteiger partial charge on any atom is -0.489 e. The Balaban J connectivity index is 1.08. The molecule has 7 nitrogen and oxygen atoms in total. The molecule has 0 unspecified atom stereocenters. The summed E-state index contributed by atoms with van der Waals surface area (Å²) < 4.78 is 29.9. The molecule has 0 aliphatic heterocycles. The lowest BCUT2D eigenvalue weighted by Crippen LogP contribution is -2.33. The van der Waals surface area contributed by atoms with Crippen LogP contribution in [-0.2, 0) is 29.2 Å². The number of aromatic nitrogens is 2. The van der Waals surface area contributed by atoms with Crippen molar-refractivity contribution in [2.24, 2.45) is 0 Å². The number of hydrogen-bond donors (Lipinski definition) is 0. The van der Waals surface area contributed by atoms with Gasteiger partial charge in [0.05, 0.1) is 0 Å². The van der Waals surface area contributed by atoms with Crippen LogP contribution in [-0.4, -0.2) is 10.3 Å². The van der Waals surface area contributed by atoms with Crippen LogP contribution in [0.1, 0.15) is 50.3 Å². The molecule has 0 atom stereocenters. The van der Waals surface area contributed by atoms with Gasteiger partial charge in [0, 0.05) is 23.3 Å². The molecule has 2 aromatic heterocycles. The Hall–Kier alpha value is -5.14. The molecule has 228 valence electrons. The Bertz CT molecular complexity index is 1670. The lowest BCUT2D eigenvalue weighted by atomic mass is 9.99. The lowest BCUT2D eigenvalue weighted by molar-refractivity contribution is -0.152. The van der Waals surface area contributed by atoms with Crippen molar-refractivity contribution in [2.45, 2.75) is 52.1 Å². The fourth-order valence-electron chi connectivity index (χ4n) is 5.05. The Morgan fingerprint density at radius 3 is 1.27 bits per heavy atom. The summed E-state index contributed by atoms with van der Waals surface area (Å²) >= 11 is 0. The van der Waals surface area contributed by atoms with Gasteiger partial charge in [-0.2, -0.15) is 0 Å². The highest BCUT2D eigenvalue weighted by Crippen LogP contribution is 2.38. The van der Waals surface area contributed by atoms with Crippen LogP contribution >= 0.6 is 0 Å². The van der Waals surface area contributed by atoms with E-state index in [1.807, 2.05) is 149 Å². The predicted molar refractivity (Wildman–Crippen MR) is 173 cm³/mol. The average molecular weight is 601 g/mol. The van der Waals surface area contributed by atoms with Crippen molar-refractivity contribution in [1.29, 1.82) is 0 Å². The minimum absolute atomic E-state index is 0.513. The maximum absolute atomic E-state index is 6.57. The van der Waals surface area contributed by atoms with Gasteiger partial charge in [-0.3, -0.25) is 0 Å². The van der Waals surface area contributed by atoms with Crippen LogP contribution in [0, 0.1) is 0 Å². The SMILES string of the molecule is CC(C)(OC(C)(C)c1cc(-c2ccc(OCc3ccccc3)cc2)no1)c1cc(-c2ccc(OCc3ccccc3)cc2)no1. The topological polar surface area (TPSA) is 79.8 Å². The summed E-state index contributed by atoms with van der Waals surface area (Å²) in [5.41, 5.74) is 3.89. The molecule has 0 spiro atoms. The third kappa shape index (κ3) is 7.33. The monoisotopic (exact) mass is 600 g/mol. The first-order valence-electron chi connectivity index (χ1n) is 14.9. The van der Waals surface area contributed by atoms with E-state index < -0.39 is 11.2 Å². The van der Waals surface area contributed by atoms with Gasteiger partial charge in [-0.15, -0.1) is 0 Å². The lowest BCUT2D eigenvalue weighted by Gasteiger charge is -2.32. The Morgan fingerprint density at radius 1 is 0.511 bits per heavy atom. The molecule has 0 aliphatic carbocycles. The first-order chi connectivity index (χ1) is 21.7. The molecule has 6 rings (SSSR count). The third-order valence-electron chi connectivity index (χ3n) is 7.51. The first-order valence-corrected chi connectivity index (χ1v) is 14.9. The summed E-state index contributed by atoms with van der Waals surface area (Å²) in [7, 11) is 0. The number of ether oxygens (including phenoxy) is 3. The summed E-state index contributed by atoms with van der Waals surface area (Å²) in [4.78, 5) is 0. The van der Waals surface area contributed by atoms with Gasteiger partial charge >= 0.3 is 0 Å². The van der Waals surface area contributed by atoms with Gasteiger partial charge in [0.25, 0.3) is 0 Å². The van der Waals surface area contributed by atoms with E-state index in [0.717, 1.165) is 33.8 Å². The van der Waals surface area contributed by atoms with Crippen molar-refractivity contribution in [3.05, 3.63) is 144 Å². The van der Waals surface area contributed by atoms with Crippen LogP contribution in [0.4, 0.5) is 0 Å². The molecular formula is C38H36N2O5. The summed E-state index contributed by atoms with van der Waals surface area (Å²) in [5, 5.41) is 8.64. The number of hydrogen-bond acceptors (Lipinski definition) is 7. The number of benzene rings is 4. The molecule has 0 bridgehead atoms. The van der Waals surface area contributed by atoms with E-state index in [9.17, 15) is 0 Å². The van der Waals surface area contributed by atoms with E-state index in [2.05, 4.69) is 10.3 Å². The number of rotatable bonds is 12. The van der Waals surface area contributed by atoms with E-state index in [4.69, 9.17) is 23.3 Å². The zero-order valence-corrected chi connectivity index (χ0v) is 25.9. The zero-order chi connectivity index (χ0) is 31.3. The molecule has 0 N–H and O–H groups in total. The normalized spacial score (nSPS) is 11.8. The van der Waals surface area contributed by atoms with Crippen LogP contribution in [0.15, 0.2) is 130 Å². The van der Waals surface area contributed by atoms with Crippen molar-refractivity contribution in [3.8, 4) is 34.0 Å².